The molecule has 0 spiro atoms. The number of carboxylic acid groups (broad SMARTS) is 1. The quantitative estimate of drug-likeness (QED) is 0.709. The van der Waals surface area contributed by atoms with Gasteiger partial charge in [-0.25, -0.2) is 9.78 Å². The van der Waals surface area contributed by atoms with E-state index in [2.05, 4.69) is 10.3 Å². The average molecular weight is 381 g/mol. The smallest absolute Gasteiger partial charge is 0.321 e. The van der Waals surface area contributed by atoms with E-state index >= 15 is 0 Å². The van der Waals surface area contributed by atoms with Crippen LogP contribution in [0.4, 0.5) is 10.5 Å². The number of para-hydroxylation sites is 2. The fourth-order valence-electron chi connectivity index (χ4n) is 3.27. The van der Waals surface area contributed by atoms with E-state index in [1.54, 1.807) is 23.2 Å². The van der Waals surface area contributed by atoms with Gasteiger partial charge in [-0.1, -0.05) is 24.3 Å². The maximum Gasteiger partial charge on any atom is 0.321 e. The normalized spacial score (nSPS) is 19.4. The van der Waals surface area contributed by atoms with Gasteiger partial charge in [-0.3, -0.25) is 4.79 Å². The van der Waals surface area contributed by atoms with Crippen LogP contribution in [0.2, 0.25) is 0 Å². The molecule has 1 atom stereocenters. The summed E-state index contributed by atoms with van der Waals surface area (Å²) >= 11 is 1.57. The number of carbonyl (C=O) groups excluding carboxylic acids is 1. The van der Waals surface area contributed by atoms with Crippen LogP contribution in [0.25, 0.3) is 20.8 Å². The lowest BCUT2D eigenvalue weighted by atomic mass is 9.90. The first kappa shape index (κ1) is 17.5. The van der Waals surface area contributed by atoms with E-state index in [1.807, 2.05) is 48.5 Å². The van der Waals surface area contributed by atoms with Gasteiger partial charge in [0.25, 0.3) is 0 Å². The SMILES string of the molecule is CC1(C(=O)O)CCN(C(=O)Nc2ccccc2-c2nc3ccccc3s2)C1. The number of aromatic nitrogens is 1. The Hall–Kier alpha value is -2.93. The third-order valence-electron chi connectivity index (χ3n) is 4.97. The van der Waals surface area contributed by atoms with E-state index in [9.17, 15) is 14.7 Å². The second-order valence-electron chi connectivity index (χ2n) is 7.00. The average Bonchev–Trinajstić information content (AvgIpc) is 3.27. The zero-order valence-corrected chi connectivity index (χ0v) is 15.6. The van der Waals surface area contributed by atoms with Crippen molar-refractivity contribution in [2.45, 2.75) is 13.3 Å². The molecule has 1 aliphatic rings. The number of anilines is 1. The molecule has 2 aromatic carbocycles. The number of thiazole rings is 1. The monoisotopic (exact) mass is 381 g/mol. The maximum absolute atomic E-state index is 12.7. The lowest BCUT2D eigenvalue weighted by Gasteiger charge is -2.21. The minimum atomic E-state index is -0.885. The summed E-state index contributed by atoms with van der Waals surface area (Å²) in [5, 5.41) is 13.1. The van der Waals surface area contributed by atoms with Crippen molar-refractivity contribution < 1.29 is 14.7 Å². The molecule has 6 nitrogen and oxygen atoms in total. The number of rotatable bonds is 3. The van der Waals surface area contributed by atoms with Crippen LogP contribution in [0.1, 0.15) is 13.3 Å². The van der Waals surface area contributed by atoms with Crippen molar-refractivity contribution >= 4 is 39.2 Å². The van der Waals surface area contributed by atoms with Gasteiger partial charge in [0.15, 0.2) is 0 Å². The summed E-state index contributed by atoms with van der Waals surface area (Å²) in [4.78, 5) is 30.3. The van der Waals surface area contributed by atoms with Gasteiger partial charge in [-0.2, -0.15) is 0 Å². The van der Waals surface area contributed by atoms with Crippen LogP contribution in [0, 0.1) is 5.41 Å². The topological polar surface area (TPSA) is 82.5 Å². The van der Waals surface area contributed by atoms with Crippen molar-refractivity contribution in [2.75, 3.05) is 18.4 Å². The molecule has 1 unspecified atom stereocenters. The predicted octanol–water partition coefficient (Wildman–Crippen LogP) is 4.29. The van der Waals surface area contributed by atoms with E-state index in [0.717, 1.165) is 20.8 Å². The Morgan fingerprint density at radius 3 is 2.67 bits per heavy atom. The number of carbonyl (C=O) groups is 2. The summed E-state index contributed by atoms with van der Waals surface area (Å²) in [5.41, 5.74) is 1.57. The Morgan fingerprint density at radius 2 is 1.93 bits per heavy atom. The minimum absolute atomic E-state index is 0.206. The molecule has 1 aliphatic heterocycles. The third-order valence-corrected chi connectivity index (χ3v) is 6.04. The van der Waals surface area contributed by atoms with Gasteiger partial charge >= 0.3 is 12.0 Å². The number of aliphatic carboxylic acids is 1. The van der Waals surface area contributed by atoms with Crippen molar-refractivity contribution in [3.63, 3.8) is 0 Å². The van der Waals surface area contributed by atoms with Crippen molar-refractivity contribution in [3.8, 4) is 10.6 Å². The predicted molar refractivity (Wildman–Crippen MR) is 106 cm³/mol. The second-order valence-corrected chi connectivity index (χ2v) is 8.03. The molecule has 7 heteroatoms. The molecule has 1 fully saturated rings. The van der Waals surface area contributed by atoms with Gasteiger partial charge in [0.05, 0.1) is 21.3 Å². The summed E-state index contributed by atoms with van der Waals surface area (Å²) in [6.07, 6.45) is 0.454. The van der Waals surface area contributed by atoms with Gasteiger partial charge in [0.2, 0.25) is 0 Å². The molecule has 0 bridgehead atoms. The number of carboxylic acids is 1. The molecule has 4 rings (SSSR count). The summed E-state index contributed by atoms with van der Waals surface area (Å²) in [6.45, 7) is 2.31. The number of urea groups is 1. The largest absolute Gasteiger partial charge is 0.481 e. The molecule has 2 N–H and O–H groups in total. The molecule has 3 aromatic rings. The van der Waals surface area contributed by atoms with Crippen molar-refractivity contribution in [1.82, 2.24) is 9.88 Å². The van der Waals surface area contributed by atoms with Crippen LogP contribution in [-0.2, 0) is 4.79 Å². The van der Waals surface area contributed by atoms with Crippen molar-refractivity contribution in [1.29, 1.82) is 0 Å². The number of nitrogens with one attached hydrogen (secondary N) is 1. The van der Waals surface area contributed by atoms with Crippen LogP contribution in [0.3, 0.4) is 0 Å². The van der Waals surface area contributed by atoms with Crippen molar-refractivity contribution in [2.24, 2.45) is 5.41 Å². The van der Waals surface area contributed by atoms with Crippen LogP contribution in [-0.4, -0.2) is 40.1 Å². The van der Waals surface area contributed by atoms with E-state index < -0.39 is 11.4 Å². The maximum atomic E-state index is 12.7. The van der Waals surface area contributed by atoms with E-state index in [1.165, 1.54) is 0 Å². The highest BCUT2D eigenvalue weighted by Crippen LogP contribution is 2.35. The Bertz CT molecular complexity index is 999. The lowest BCUT2D eigenvalue weighted by Crippen LogP contribution is -2.37. The summed E-state index contributed by atoms with van der Waals surface area (Å²) in [6, 6.07) is 15.2. The minimum Gasteiger partial charge on any atom is -0.481 e. The first-order valence-electron chi connectivity index (χ1n) is 8.71. The van der Waals surface area contributed by atoms with Gasteiger partial charge in [0.1, 0.15) is 5.01 Å². The number of amides is 2. The number of hydrogen-bond donors (Lipinski definition) is 2. The van der Waals surface area contributed by atoms with E-state index in [-0.39, 0.29) is 12.6 Å². The molecular formula is C20H19N3O3S. The molecule has 27 heavy (non-hydrogen) atoms. The molecule has 1 saturated heterocycles. The highest BCUT2D eigenvalue weighted by Gasteiger charge is 2.42. The molecule has 1 aromatic heterocycles. The van der Waals surface area contributed by atoms with E-state index in [4.69, 9.17) is 0 Å². The van der Waals surface area contributed by atoms with Crippen LogP contribution in [0.5, 0.6) is 0 Å². The highest BCUT2D eigenvalue weighted by atomic mass is 32.1. The number of nitrogens with zero attached hydrogens (tertiary/aromatic N) is 2. The number of benzene rings is 2. The highest BCUT2D eigenvalue weighted by molar-refractivity contribution is 7.21. The Balaban J connectivity index is 1.58. The van der Waals surface area contributed by atoms with E-state index in [0.29, 0.717) is 18.7 Å². The number of hydrogen-bond acceptors (Lipinski definition) is 4. The molecular weight excluding hydrogens is 362 g/mol. The number of likely N-dealkylation sites (tertiary alicyclic amines) is 1. The molecule has 138 valence electrons. The Labute approximate surface area is 160 Å². The third kappa shape index (κ3) is 3.26. The Morgan fingerprint density at radius 1 is 1.19 bits per heavy atom. The molecule has 0 radical (unpaired) electrons. The van der Waals surface area contributed by atoms with Gasteiger partial charge in [0, 0.05) is 18.7 Å². The zero-order valence-electron chi connectivity index (χ0n) is 14.8. The first-order chi connectivity index (χ1) is 13.0. The Kier molecular flexibility index (Phi) is 4.31. The fourth-order valence-corrected chi connectivity index (χ4v) is 4.27. The molecule has 2 heterocycles. The van der Waals surface area contributed by atoms with Gasteiger partial charge in [-0.05, 0) is 37.6 Å². The molecule has 2 amide bonds. The standard InChI is InChI=1S/C20H19N3O3S/c1-20(18(24)25)10-11-23(12-20)19(26)22-14-7-3-2-6-13(14)17-21-15-8-4-5-9-16(15)27-17/h2-9H,10-12H2,1H3,(H,22,26)(H,24,25). The first-order valence-corrected chi connectivity index (χ1v) is 9.52. The van der Waals surface area contributed by atoms with Crippen LogP contribution >= 0.6 is 11.3 Å². The molecule has 0 saturated carbocycles. The zero-order chi connectivity index (χ0) is 19.0. The second kappa shape index (κ2) is 6.66. The van der Waals surface area contributed by atoms with Crippen LogP contribution in [0.15, 0.2) is 48.5 Å². The van der Waals surface area contributed by atoms with Gasteiger partial charge < -0.3 is 15.3 Å². The van der Waals surface area contributed by atoms with Gasteiger partial charge in [-0.15, -0.1) is 11.3 Å². The number of fused-ring (bicyclic) bond motifs is 1. The van der Waals surface area contributed by atoms with Crippen LogP contribution < -0.4 is 5.32 Å². The summed E-state index contributed by atoms with van der Waals surface area (Å²) in [5.74, 6) is -0.868. The lowest BCUT2D eigenvalue weighted by molar-refractivity contribution is -0.146. The summed E-state index contributed by atoms with van der Waals surface area (Å²) < 4.78 is 1.09. The molecule has 0 aliphatic carbocycles. The van der Waals surface area contributed by atoms with Crippen molar-refractivity contribution in [3.05, 3.63) is 48.5 Å². The fraction of sp³-hybridized carbons (Fsp3) is 0.250. The summed E-state index contributed by atoms with van der Waals surface area (Å²) in [7, 11) is 0.